The van der Waals surface area contributed by atoms with Gasteiger partial charge in [0, 0.05) is 31.0 Å². The Labute approximate surface area is 106 Å². The molecular weight excluding hydrogens is 228 g/mol. The summed E-state index contributed by atoms with van der Waals surface area (Å²) in [6, 6.07) is 8.04. The Hall–Kier alpha value is -1.81. The third kappa shape index (κ3) is 2.54. The van der Waals surface area contributed by atoms with Crippen LogP contribution in [0.2, 0.25) is 0 Å². The van der Waals surface area contributed by atoms with E-state index in [-0.39, 0.29) is 0 Å². The van der Waals surface area contributed by atoms with Gasteiger partial charge in [-0.2, -0.15) is 0 Å². The second-order valence-corrected chi connectivity index (χ2v) is 4.51. The number of nitrogens with zero attached hydrogens (tertiary/aromatic N) is 2. The zero-order chi connectivity index (χ0) is 12.2. The first-order valence-corrected chi connectivity index (χ1v) is 6.21. The monoisotopic (exact) mass is 244 g/mol. The summed E-state index contributed by atoms with van der Waals surface area (Å²) < 4.78 is 13.1. The van der Waals surface area contributed by atoms with Crippen molar-refractivity contribution < 1.29 is 9.47 Å². The number of hydrogen-bond donors (Lipinski definition) is 0. The molecule has 0 bridgehead atoms. The molecule has 2 aromatic rings. The molecule has 1 aliphatic rings. The van der Waals surface area contributed by atoms with Crippen molar-refractivity contribution in [1.82, 2.24) is 9.55 Å². The van der Waals surface area contributed by atoms with Crippen molar-refractivity contribution in [2.24, 2.45) is 5.92 Å². The lowest BCUT2D eigenvalue weighted by Crippen LogP contribution is -2.11. The van der Waals surface area contributed by atoms with E-state index in [4.69, 9.17) is 9.47 Å². The van der Waals surface area contributed by atoms with E-state index in [1.807, 2.05) is 35.0 Å². The van der Waals surface area contributed by atoms with Gasteiger partial charge >= 0.3 is 0 Å². The van der Waals surface area contributed by atoms with Crippen LogP contribution in [0.4, 0.5) is 0 Å². The molecule has 1 aromatic carbocycles. The fourth-order valence-electron chi connectivity index (χ4n) is 2.07. The number of benzene rings is 1. The first kappa shape index (κ1) is 11.3. The SMILES string of the molecule is c1cc(OC[C@H]2CCOC2)cc(-n2ccnc2)c1. The van der Waals surface area contributed by atoms with E-state index in [1.165, 1.54) is 0 Å². The molecule has 1 saturated heterocycles. The lowest BCUT2D eigenvalue weighted by Gasteiger charge is -2.11. The van der Waals surface area contributed by atoms with Crippen LogP contribution >= 0.6 is 0 Å². The van der Waals surface area contributed by atoms with Gasteiger partial charge < -0.3 is 14.0 Å². The van der Waals surface area contributed by atoms with Crippen molar-refractivity contribution in [2.75, 3.05) is 19.8 Å². The van der Waals surface area contributed by atoms with Crippen LogP contribution in [0.1, 0.15) is 6.42 Å². The average molecular weight is 244 g/mol. The Balaban J connectivity index is 1.67. The van der Waals surface area contributed by atoms with Gasteiger partial charge in [-0.3, -0.25) is 0 Å². The molecule has 1 aromatic heterocycles. The first-order valence-electron chi connectivity index (χ1n) is 6.21. The quantitative estimate of drug-likeness (QED) is 0.828. The van der Waals surface area contributed by atoms with Crippen LogP contribution in [-0.2, 0) is 4.74 Å². The Morgan fingerprint density at radius 2 is 2.44 bits per heavy atom. The predicted octanol–water partition coefficient (Wildman–Crippen LogP) is 2.29. The minimum absolute atomic E-state index is 0.530. The van der Waals surface area contributed by atoms with E-state index >= 15 is 0 Å². The minimum atomic E-state index is 0.530. The fraction of sp³-hybridized carbons (Fsp3) is 0.357. The third-order valence-electron chi connectivity index (χ3n) is 3.13. The van der Waals surface area contributed by atoms with Gasteiger partial charge in [-0.25, -0.2) is 4.98 Å². The van der Waals surface area contributed by atoms with E-state index in [1.54, 1.807) is 12.5 Å². The molecule has 1 fully saturated rings. The maximum atomic E-state index is 5.81. The van der Waals surface area contributed by atoms with Crippen molar-refractivity contribution in [1.29, 1.82) is 0 Å². The summed E-state index contributed by atoms with van der Waals surface area (Å²) in [7, 11) is 0. The standard InChI is InChI=1S/C14H16N2O2/c1-2-13(16-6-5-15-11-16)8-14(3-1)18-10-12-4-7-17-9-12/h1-3,5-6,8,11-12H,4,7,9-10H2/t12-/m0/s1. The van der Waals surface area contributed by atoms with Gasteiger partial charge in [0.05, 0.1) is 25.2 Å². The third-order valence-corrected chi connectivity index (χ3v) is 3.13. The van der Waals surface area contributed by atoms with Crippen LogP contribution < -0.4 is 4.74 Å². The molecule has 4 nitrogen and oxygen atoms in total. The van der Waals surface area contributed by atoms with Crippen molar-refractivity contribution in [3.8, 4) is 11.4 Å². The molecule has 0 saturated carbocycles. The van der Waals surface area contributed by atoms with Crippen molar-refractivity contribution in [3.05, 3.63) is 43.0 Å². The maximum Gasteiger partial charge on any atom is 0.121 e. The summed E-state index contributed by atoms with van der Waals surface area (Å²) in [5.74, 6) is 1.43. The largest absolute Gasteiger partial charge is 0.493 e. The molecule has 1 atom stereocenters. The van der Waals surface area contributed by atoms with E-state index in [0.29, 0.717) is 5.92 Å². The van der Waals surface area contributed by atoms with E-state index in [2.05, 4.69) is 4.98 Å². The minimum Gasteiger partial charge on any atom is -0.493 e. The Morgan fingerprint density at radius 3 is 3.22 bits per heavy atom. The highest BCUT2D eigenvalue weighted by molar-refractivity contribution is 5.39. The summed E-state index contributed by atoms with van der Waals surface area (Å²) in [6.07, 6.45) is 6.57. The molecule has 0 radical (unpaired) electrons. The second-order valence-electron chi connectivity index (χ2n) is 4.51. The highest BCUT2D eigenvalue weighted by atomic mass is 16.5. The van der Waals surface area contributed by atoms with Gasteiger partial charge in [0.15, 0.2) is 0 Å². The number of imidazole rings is 1. The van der Waals surface area contributed by atoms with Gasteiger partial charge in [0.1, 0.15) is 5.75 Å². The van der Waals surface area contributed by atoms with Crippen LogP contribution in [0.25, 0.3) is 5.69 Å². The van der Waals surface area contributed by atoms with E-state index in [9.17, 15) is 0 Å². The molecule has 0 aliphatic carbocycles. The number of rotatable bonds is 4. The molecule has 2 heterocycles. The number of aromatic nitrogens is 2. The van der Waals surface area contributed by atoms with Crippen LogP contribution in [0.3, 0.4) is 0 Å². The molecule has 0 spiro atoms. The summed E-state index contributed by atoms with van der Waals surface area (Å²) in [4.78, 5) is 4.04. The highest BCUT2D eigenvalue weighted by Gasteiger charge is 2.16. The van der Waals surface area contributed by atoms with Crippen molar-refractivity contribution in [3.63, 3.8) is 0 Å². The number of ether oxygens (including phenoxy) is 2. The summed E-state index contributed by atoms with van der Waals surface area (Å²) in [5.41, 5.74) is 1.06. The molecule has 94 valence electrons. The molecule has 0 N–H and O–H groups in total. The predicted molar refractivity (Wildman–Crippen MR) is 68.0 cm³/mol. The van der Waals surface area contributed by atoms with Gasteiger partial charge in [-0.05, 0) is 18.6 Å². The molecule has 3 rings (SSSR count). The van der Waals surface area contributed by atoms with Gasteiger partial charge in [0.25, 0.3) is 0 Å². The lowest BCUT2D eigenvalue weighted by atomic mass is 10.1. The molecule has 1 aliphatic heterocycles. The fourth-order valence-corrected chi connectivity index (χ4v) is 2.07. The second kappa shape index (κ2) is 5.23. The summed E-state index contributed by atoms with van der Waals surface area (Å²) in [5, 5.41) is 0. The van der Waals surface area contributed by atoms with Crippen LogP contribution in [0.5, 0.6) is 5.75 Å². The van der Waals surface area contributed by atoms with Gasteiger partial charge in [0.2, 0.25) is 0 Å². The zero-order valence-corrected chi connectivity index (χ0v) is 10.2. The van der Waals surface area contributed by atoms with E-state index in [0.717, 1.165) is 37.7 Å². The normalized spacial score (nSPS) is 19.0. The smallest absolute Gasteiger partial charge is 0.121 e. The first-order chi connectivity index (χ1) is 8.92. The van der Waals surface area contributed by atoms with Crippen molar-refractivity contribution in [2.45, 2.75) is 6.42 Å². The maximum absolute atomic E-state index is 5.81. The number of hydrogen-bond acceptors (Lipinski definition) is 3. The lowest BCUT2D eigenvalue weighted by molar-refractivity contribution is 0.167. The Bertz CT molecular complexity index is 490. The van der Waals surface area contributed by atoms with E-state index < -0.39 is 0 Å². The molecule has 4 heteroatoms. The molecule has 0 unspecified atom stereocenters. The average Bonchev–Trinajstić information content (AvgIpc) is 3.10. The molecular formula is C14H16N2O2. The van der Waals surface area contributed by atoms with Gasteiger partial charge in [-0.15, -0.1) is 0 Å². The topological polar surface area (TPSA) is 36.3 Å². The van der Waals surface area contributed by atoms with Crippen LogP contribution in [0, 0.1) is 5.92 Å². The highest BCUT2D eigenvalue weighted by Crippen LogP contribution is 2.19. The zero-order valence-electron chi connectivity index (χ0n) is 10.2. The van der Waals surface area contributed by atoms with Crippen molar-refractivity contribution >= 4 is 0 Å². The Kier molecular flexibility index (Phi) is 3.28. The molecule has 0 amide bonds. The van der Waals surface area contributed by atoms with Gasteiger partial charge in [-0.1, -0.05) is 6.07 Å². The molecule has 18 heavy (non-hydrogen) atoms. The van der Waals surface area contributed by atoms with Crippen LogP contribution in [0.15, 0.2) is 43.0 Å². The summed E-state index contributed by atoms with van der Waals surface area (Å²) >= 11 is 0. The summed E-state index contributed by atoms with van der Waals surface area (Å²) in [6.45, 7) is 2.41. The van der Waals surface area contributed by atoms with Crippen LogP contribution in [-0.4, -0.2) is 29.4 Å². The Morgan fingerprint density at radius 1 is 1.44 bits per heavy atom.